The molecule has 116 valence electrons. The number of amides is 1. The van der Waals surface area contributed by atoms with E-state index in [9.17, 15) is 18.0 Å². The van der Waals surface area contributed by atoms with Crippen molar-refractivity contribution < 1.29 is 18.0 Å². The highest BCUT2D eigenvalue weighted by molar-refractivity contribution is 5.81. The maximum atomic E-state index is 13.1. The second kappa shape index (κ2) is 6.47. The highest BCUT2D eigenvalue weighted by atomic mass is 19.4. The summed E-state index contributed by atoms with van der Waals surface area (Å²) in [6.07, 6.45) is -2.35. The quantitative estimate of drug-likeness (QED) is 0.846. The summed E-state index contributed by atoms with van der Waals surface area (Å²) in [5.74, 6) is -0.145. The van der Waals surface area contributed by atoms with E-state index in [1.165, 1.54) is 17.0 Å². The van der Waals surface area contributed by atoms with Gasteiger partial charge in [0.2, 0.25) is 5.91 Å². The molecule has 1 aliphatic heterocycles. The van der Waals surface area contributed by atoms with Crippen LogP contribution in [-0.2, 0) is 11.0 Å². The van der Waals surface area contributed by atoms with E-state index in [0.29, 0.717) is 6.54 Å². The minimum atomic E-state index is -4.42. The maximum Gasteiger partial charge on any atom is 0.416 e. The zero-order chi connectivity index (χ0) is 15.5. The summed E-state index contributed by atoms with van der Waals surface area (Å²) in [5, 5.41) is 2.89. The van der Waals surface area contributed by atoms with E-state index in [0.717, 1.165) is 25.3 Å². The SMILES string of the molecule is CCCCCN1C(=O)CNC1c1ccccc1C(F)(F)F. The molecule has 0 radical (unpaired) electrons. The van der Waals surface area contributed by atoms with Crippen LogP contribution in [0.15, 0.2) is 24.3 Å². The number of carbonyl (C=O) groups is 1. The van der Waals surface area contributed by atoms with Crippen molar-refractivity contribution >= 4 is 5.91 Å². The molecule has 1 unspecified atom stereocenters. The van der Waals surface area contributed by atoms with Crippen molar-refractivity contribution in [2.24, 2.45) is 0 Å². The van der Waals surface area contributed by atoms with Gasteiger partial charge in [-0.1, -0.05) is 38.0 Å². The van der Waals surface area contributed by atoms with Crippen LogP contribution in [-0.4, -0.2) is 23.9 Å². The Morgan fingerprint density at radius 1 is 1.29 bits per heavy atom. The number of hydrogen-bond donors (Lipinski definition) is 1. The zero-order valence-electron chi connectivity index (χ0n) is 11.9. The van der Waals surface area contributed by atoms with Gasteiger partial charge in [0.05, 0.1) is 12.1 Å². The van der Waals surface area contributed by atoms with Crippen molar-refractivity contribution in [3.8, 4) is 0 Å². The monoisotopic (exact) mass is 300 g/mol. The molecule has 2 rings (SSSR count). The first-order chi connectivity index (χ1) is 9.95. The van der Waals surface area contributed by atoms with Crippen LogP contribution >= 0.6 is 0 Å². The number of carbonyl (C=O) groups excluding carboxylic acids is 1. The first-order valence-corrected chi connectivity index (χ1v) is 7.14. The van der Waals surface area contributed by atoms with Crippen LogP contribution in [0.3, 0.4) is 0 Å². The first kappa shape index (κ1) is 15.8. The summed E-state index contributed by atoms with van der Waals surface area (Å²) in [7, 11) is 0. The molecule has 21 heavy (non-hydrogen) atoms. The van der Waals surface area contributed by atoms with Gasteiger partial charge in [-0.15, -0.1) is 0 Å². The molecule has 0 aliphatic carbocycles. The molecule has 1 amide bonds. The topological polar surface area (TPSA) is 32.3 Å². The van der Waals surface area contributed by atoms with Crippen molar-refractivity contribution in [2.75, 3.05) is 13.1 Å². The van der Waals surface area contributed by atoms with E-state index in [1.54, 1.807) is 6.07 Å². The Morgan fingerprint density at radius 2 is 2.00 bits per heavy atom. The van der Waals surface area contributed by atoms with Gasteiger partial charge in [-0.3, -0.25) is 10.1 Å². The second-order valence-corrected chi connectivity index (χ2v) is 5.16. The lowest BCUT2D eigenvalue weighted by Crippen LogP contribution is -2.32. The normalized spacial score (nSPS) is 19.3. The molecule has 1 heterocycles. The smallest absolute Gasteiger partial charge is 0.322 e. The van der Waals surface area contributed by atoms with Crippen LogP contribution in [0.4, 0.5) is 13.2 Å². The molecule has 0 saturated carbocycles. The molecule has 3 nitrogen and oxygen atoms in total. The van der Waals surface area contributed by atoms with E-state index in [4.69, 9.17) is 0 Å². The van der Waals surface area contributed by atoms with Crippen LogP contribution in [0.1, 0.15) is 43.5 Å². The average Bonchev–Trinajstić information content (AvgIpc) is 2.80. The van der Waals surface area contributed by atoms with Crippen LogP contribution < -0.4 is 5.32 Å². The average molecular weight is 300 g/mol. The number of nitrogens with one attached hydrogen (secondary N) is 1. The summed E-state index contributed by atoms with van der Waals surface area (Å²) in [5.41, 5.74) is -0.565. The van der Waals surface area contributed by atoms with Crippen molar-refractivity contribution in [1.82, 2.24) is 10.2 Å². The zero-order valence-corrected chi connectivity index (χ0v) is 11.9. The van der Waals surface area contributed by atoms with E-state index in [2.05, 4.69) is 5.32 Å². The summed E-state index contributed by atoms with van der Waals surface area (Å²) in [4.78, 5) is 13.4. The number of hydrogen-bond acceptors (Lipinski definition) is 2. The van der Waals surface area contributed by atoms with E-state index >= 15 is 0 Å². The summed E-state index contributed by atoms with van der Waals surface area (Å²) in [6.45, 7) is 2.61. The number of nitrogens with zero attached hydrogens (tertiary/aromatic N) is 1. The molecule has 1 fully saturated rings. The largest absolute Gasteiger partial charge is 0.416 e. The van der Waals surface area contributed by atoms with Gasteiger partial charge in [0.1, 0.15) is 6.17 Å². The van der Waals surface area contributed by atoms with Crippen molar-refractivity contribution in [3.63, 3.8) is 0 Å². The number of unbranched alkanes of at least 4 members (excludes halogenated alkanes) is 2. The fourth-order valence-corrected chi connectivity index (χ4v) is 2.60. The molecule has 1 N–H and O–H groups in total. The Labute approximate surface area is 122 Å². The third-order valence-electron chi connectivity index (χ3n) is 3.64. The Balaban J connectivity index is 2.26. The van der Waals surface area contributed by atoms with Crippen LogP contribution in [0.25, 0.3) is 0 Å². The molecule has 0 spiro atoms. The summed E-state index contributed by atoms with van der Waals surface area (Å²) < 4.78 is 39.3. The maximum absolute atomic E-state index is 13.1. The van der Waals surface area contributed by atoms with Gasteiger partial charge in [-0.2, -0.15) is 13.2 Å². The van der Waals surface area contributed by atoms with Crippen LogP contribution in [0, 0.1) is 0 Å². The molecule has 1 aliphatic rings. The summed E-state index contributed by atoms with van der Waals surface area (Å²) in [6, 6.07) is 5.43. The Bertz CT molecular complexity index is 502. The molecule has 1 aromatic rings. The third kappa shape index (κ3) is 3.56. The minimum absolute atomic E-state index is 0.0863. The first-order valence-electron chi connectivity index (χ1n) is 7.14. The number of benzene rings is 1. The van der Waals surface area contributed by atoms with E-state index < -0.39 is 17.9 Å². The molecule has 6 heteroatoms. The fourth-order valence-electron chi connectivity index (χ4n) is 2.60. The Morgan fingerprint density at radius 3 is 2.67 bits per heavy atom. The molecule has 0 bridgehead atoms. The predicted octanol–water partition coefficient (Wildman–Crippen LogP) is 3.33. The number of halogens is 3. The van der Waals surface area contributed by atoms with Gasteiger partial charge in [0, 0.05) is 12.1 Å². The standard InChI is InChI=1S/C15H19F3N2O/c1-2-3-6-9-20-13(21)10-19-14(20)11-7-4-5-8-12(11)15(16,17)18/h4-5,7-8,14,19H,2-3,6,9-10H2,1H3. The van der Waals surface area contributed by atoms with Gasteiger partial charge >= 0.3 is 6.18 Å². The van der Waals surface area contributed by atoms with Gasteiger partial charge in [-0.25, -0.2) is 0 Å². The molecule has 1 atom stereocenters. The lowest BCUT2D eigenvalue weighted by atomic mass is 10.0. The highest BCUT2D eigenvalue weighted by Gasteiger charge is 2.39. The van der Waals surface area contributed by atoms with Gasteiger partial charge in [0.25, 0.3) is 0 Å². The van der Waals surface area contributed by atoms with E-state index in [1.807, 2.05) is 6.92 Å². The molecule has 1 saturated heterocycles. The van der Waals surface area contributed by atoms with Gasteiger partial charge in [0.15, 0.2) is 0 Å². The van der Waals surface area contributed by atoms with Crippen molar-refractivity contribution in [3.05, 3.63) is 35.4 Å². The predicted molar refractivity (Wildman–Crippen MR) is 73.4 cm³/mol. The molecular weight excluding hydrogens is 281 g/mol. The number of rotatable bonds is 5. The Hall–Kier alpha value is -1.56. The lowest BCUT2D eigenvalue weighted by molar-refractivity contribution is -0.139. The van der Waals surface area contributed by atoms with Crippen LogP contribution in [0.2, 0.25) is 0 Å². The molecule has 1 aromatic carbocycles. The lowest BCUT2D eigenvalue weighted by Gasteiger charge is -2.27. The van der Waals surface area contributed by atoms with Crippen molar-refractivity contribution in [2.45, 2.75) is 38.5 Å². The molecular formula is C15H19F3N2O. The van der Waals surface area contributed by atoms with Gasteiger partial charge in [-0.05, 0) is 12.5 Å². The highest BCUT2D eigenvalue weighted by Crippen LogP contribution is 2.36. The van der Waals surface area contributed by atoms with Crippen molar-refractivity contribution in [1.29, 1.82) is 0 Å². The minimum Gasteiger partial charge on any atom is -0.322 e. The summed E-state index contributed by atoms with van der Waals surface area (Å²) >= 11 is 0. The third-order valence-corrected chi connectivity index (χ3v) is 3.64. The van der Waals surface area contributed by atoms with Gasteiger partial charge < -0.3 is 4.90 Å². The second-order valence-electron chi connectivity index (χ2n) is 5.16. The fraction of sp³-hybridized carbons (Fsp3) is 0.533. The van der Waals surface area contributed by atoms with Crippen LogP contribution in [0.5, 0.6) is 0 Å². The number of alkyl halides is 3. The molecule has 0 aromatic heterocycles. The Kier molecular flexibility index (Phi) is 4.88. The van der Waals surface area contributed by atoms with E-state index in [-0.39, 0.29) is 18.0 Å².